The number of carbonyl (C=O) groups is 3. The highest BCUT2D eigenvalue weighted by atomic mass is 19.4. The van der Waals surface area contributed by atoms with Gasteiger partial charge in [0.2, 0.25) is 11.8 Å². The molecule has 0 saturated carbocycles. The van der Waals surface area contributed by atoms with Crippen LogP contribution < -0.4 is 16.0 Å². The number of hydrogen-bond acceptors (Lipinski definition) is 5. The number of piperazine rings is 1. The molecule has 1 heterocycles. The van der Waals surface area contributed by atoms with Gasteiger partial charge in [0.25, 0.3) is 0 Å². The normalized spacial score (nSPS) is 15.5. The predicted molar refractivity (Wildman–Crippen MR) is 105 cm³/mol. The smallest absolute Gasteiger partial charge is 0.329 e. The van der Waals surface area contributed by atoms with E-state index in [4.69, 9.17) is 0 Å². The third kappa shape index (κ3) is 8.37. The maximum atomic E-state index is 12.3. The van der Waals surface area contributed by atoms with Crippen molar-refractivity contribution >= 4 is 23.5 Å². The molecule has 1 saturated heterocycles. The first kappa shape index (κ1) is 23.6. The lowest BCUT2D eigenvalue weighted by Crippen LogP contribution is -2.52. The summed E-state index contributed by atoms with van der Waals surface area (Å²) in [5.74, 6) is -0.805. The maximum Gasteiger partial charge on any atom is 0.405 e. The summed E-state index contributed by atoms with van der Waals surface area (Å²) in [6.07, 6.45) is -3.73. The Bertz CT molecular complexity index is 749. The van der Waals surface area contributed by atoms with Crippen LogP contribution in [-0.2, 0) is 16.0 Å². The number of alkyl halides is 3. The Labute approximate surface area is 172 Å². The van der Waals surface area contributed by atoms with E-state index >= 15 is 0 Å². The van der Waals surface area contributed by atoms with Gasteiger partial charge in [-0.15, -0.1) is 0 Å². The molecule has 0 aromatic heterocycles. The van der Waals surface area contributed by atoms with E-state index in [1.54, 1.807) is 10.2 Å². The van der Waals surface area contributed by atoms with Gasteiger partial charge in [0, 0.05) is 31.9 Å². The summed E-state index contributed by atoms with van der Waals surface area (Å²) < 4.78 is 36.1. The molecule has 0 unspecified atom stereocenters. The first-order valence-electron chi connectivity index (χ1n) is 9.63. The lowest BCUT2D eigenvalue weighted by molar-refractivity contribution is -0.125. The van der Waals surface area contributed by atoms with Crippen LogP contribution in [0.4, 0.5) is 23.7 Å². The van der Waals surface area contributed by atoms with Crippen molar-refractivity contribution in [2.24, 2.45) is 0 Å². The average molecular weight is 429 g/mol. The molecule has 8 nitrogen and oxygen atoms in total. The number of urea groups is 1. The topological polar surface area (TPSA) is 93.8 Å². The molecular weight excluding hydrogens is 403 g/mol. The van der Waals surface area contributed by atoms with Crippen LogP contribution >= 0.6 is 0 Å². The van der Waals surface area contributed by atoms with Crippen molar-refractivity contribution in [3.63, 3.8) is 0 Å². The predicted octanol–water partition coefficient (Wildman–Crippen LogP) is 1.19. The van der Waals surface area contributed by atoms with Gasteiger partial charge in [-0.25, -0.2) is 4.79 Å². The molecule has 1 fully saturated rings. The number of halogens is 3. The number of imide groups is 1. The van der Waals surface area contributed by atoms with E-state index in [0.29, 0.717) is 26.2 Å². The van der Waals surface area contributed by atoms with Gasteiger partial charge < -0.3 is 10.6 Å². The molecule has 3 N–H and O–H groups in total. The molecule has 0 bridgehead atoms. The third-order valence-electron chi connectivity index (χ3n) is 4.57. The summed E-state index contributed by atoms with van der Waals surface area (Å²) in [4.78, 5) is 39.1. The molecule has 1 aliphatic rings. The number of amides is 4. The van der Waals surface area contributed by atoms with Crippen LogP contribution in [0.3, 0.4) is 0 Å². The molecule has 2 rings (SSSR count). The van der Waals surface area contributed by atoms with Crippen molar-refractivity contribution in [3.8, 4) is 0 Å². The molecule has 11 heteroatoms. The van der Waals surface area contributed by atoms with E-state index < -0.39 is 24.7 Å². The summed E-state index contributed by atoms with van der Waals surface area (Å²) in [7, 11) is 0. The van der Waals surface area contributed by atoms with Crippen LogP contribution in [0.5, 0.6) is 0 Å². The number of aryl methyl sites for hydroxylation is 1. The molecule has 1 aliphatic heterocycles. The number of anilines is 1. The third-order valence-corrected chi connectivity index (χ3v) is 4.57. The molecule has 166 valence electrons. The fourth-order valence-electron chi connectivity index (χ4n) is 3.04. The molecule has 0 radical (unpaired) electrons. The van der Waals surface area contributed by atoms with E-state index in [0.717, 1.165) is 17.7 Å². The van der Waals surface area contributed by atoms with E-state index in [-0.39, 0.29) is 19.0 Å². The van der Waals surface area contributed by atoms with Crippen molar-refractivity contribution in [3.05, 3.63) is 29.8 Å². The zero-order valence-electron chi connectivity index (χ0n) is 16.7. The number of nitrogens with one attached hydrogen (secondary N) is 3. The van der Waals surface area contributed by atoms with Gasteiger partial charge in [-0.3, -0.25) is 24.7 Å². The minimum absolute atomic E-state index is 0.108. The summed E-state index contributed by atoms with van der Waals surface area (Å²) in [5, 5.41) is 6.37. The monoisotopic (exact) mass is 429 g/mol. The second-order valence-electron chi connectivity index (χ2n) is 6.96. The van der Waals surface area contributed by atoms with Crippen molar-refractivity contribution in [1.29, 1.82) is 0 Å². The Hall–Kier alpha value is -2.66. The molecule has 0 atom stereocenters. The first-order chi connectivity index (χ1) is 14.2. The zero-order valence-corrected chi connectivity index (χ0v) is 16.7. The van der Waals surface area contributed by atoms with E-state index in [1.807, 2.05) is 41.4 Å². The van der Waals surface area contributed by atoms with Crippen LogP contribution in [0.2, 0.25) is 0 Å². The first-order valence-corrected chi connectivity index (χ1v) is 9.63. The highest BCUT2D eigenvalue weighted by Crippen LogP contribution is 2.15. The number of hydrogen-bond donors (Lipinski definition) is 3. The Morgan fingerprint density at radius 1 is 0.967 bits per heavy atom. The number of rotatable bonds is 7. The quantitative estimate of drug-likeness (QED) is 0.606. The number of para-hydroxylation sites is 1. The average Bonchev–Trinajstić information content (AvgIpc) is 2.67. The second kappa shape index (κ2) is 10.9. The minimum atomic E-state index is -4.54. The van der Waals surface area contributed by atoms with E-state index in [2.05, 4.69) is 5.32 Å². The van der Waals surface area contributed by atoms with Crippen molar-refractivity contribution in [2.75, 3.05) is 51.1 Å². The highest BCUT2D eigenvalue weighted by Gasteiger charge is 2.28. The number of benzene rings is 1. The molecule has 0 aliphatic carbocycles. The number of nitrogens with zero attached hydrogens (tertiary/aromatic N) is 2. The SMILES string of the molecule is CCc1ccccc1NC(=O)CN1CCN(CC(=O)NC(=O)NCC(F)(F)F)CC1. The Kier molecular flexibility index (Phi) is 8.60. The molecule has 1 aromatic rings. The Balaban J connectivity index is 1.68. The van der Waals surface area contributed by atoms with Crippen molar-refractivity contribution < 1.29 is 27.6 Å². The standard InChI is InChI=1S/C19H26F3N5O3/c1-2-14-5-3-4-6-15(14)24-16(28)11-26-7-9-27(10-8-26)12-17(29)25-18(30)23-13-19(20,21)22/h3-6H,2,7-13H2,1H3,(H,24,28)(H2,23,25,29,30). The van der Waals surface area contributed by atoms with Crippen LogP contribution in [-0.4, -0.2) is 79.6 Å². The van der Waals surface area contributed by atoms with Gasteiger partial charge in [-0.2, -0.15) is 13.2 Å². The van der Waals surface area contributed by atoms with Crippen molar-refractivity contribution in [1.82, 2.24) is 20.4 Å². The van der Waals surface area contributed by atoms with Gasteiger partial charge in [0.15, 0.2) is 0 Å². The largest absolute Gasteiger partial charge is 0.405 e. The lowest BCUT2D eigenvalue weighted by atomic mass is 10.1. The van der Waals surface area contributed by atoms with Crippen LogP contribution in [0, 0.1) is 0 Å². The van der Waals surface area contributed by atoms with Gasteiger partial charge >= 0.3 is 12.2 Å². The molecule has 4 amide bonds. The fourth-order valence-corrected chi connectivity index (χ4v) is 3.04. The van der Waals surface area contributed by atoms with Crippen LogP contribution in [0.15, 0.2) is 24.3 Å². The van der Waals surface area contributed by atoms with Gasteiger partial charge in [0.05, 0.1) is 13.1 Å². The van der Waals surface area contributed by atoms with Crippen molar-refractivity contribution in [2.45, 2.75) is 19.5 Å². The molecular formula is C19H26F3N5O3. The summed E-state index contributed by atoms with van der Waals surface area (Å²) in [6.45, 7) is 2.72. The van der Waals surface area contributed by atoms with Gasteiger partial charge in [-0.05, 0) is 18.1 Å². The fraction of sp³-hybridized carbons (Fsp3) is 0.526. The Morgan fingerprint density at radius 2 is 1.53 bits per heavy atom. The molecule has 1 aromatic carbocycles. The molecule has 30 heavy (non-hydrogen) atoms. The number of carbonyl (C=O) groups excluding carboxylic acids is 3. The lowest BCUT2D eigenvalue weighted by Gasteiger charge is -2.33. The Morgan fingerprint density at radius 3 is 2.10 bits per heavy atom. The highest BCUT2D eigenvalue weighted by molar-refractivity contribution is 5.95. The zero-order chi connectivity index (χ0) is 22.1. The van der Waals surface area contributed by atoms with E-state index in [1.165, 1.54) is 0 Å². The maximum absolute atomic E-state index is 12.3. The van der Waals surface area contributed by atoms with Crippen LogP contribution in [0.1, 0.15) is 12.5 Å². The minimum Gasteiger partial charge on any atom is -0.329 e. The van der Waals surface area contributed by atoms with Gasteiger partial charge in [-0.1, -0.05) is 25.1 Å². The van der Waals surface area contributed by atoms with Gasteiger partial charge in [0.1, 0.15) is 6.54 Å². The molecule has 0 spiro atoms. The van der Waals surface area contributed by atoms with Crippen LogP contribution in [0.25, 0.3) is 0 Å². The van der Waals surface area contributed by atoms with E-state index in [9.17, 15) is 27.6 Å². The summed E-state index contributed by atoms with van der Waals surface area (Å²) in [5.41, 5.74) is 1.85. The summed E-state index contributed by atoms with van der Waals surface area (Å²) >= 11 is 0. The summed E-state index contributed by atoms with van der Waals surface area (Å²) in [6, 6.07) is 6.42. The second-order valence-corrected chi connectivity index (χ2v) is 6.96.